The molecule has 0 aliphatic carbocycles. The molecule has 2 fully saturated rings. The Morgan fingerprint density at radius 1 is 1.11 bits per heavy atom. The molecule has 0 saturated carbocycles. The van der Waals surface area contributed by atoms with Gasteiger partial charge in [-0.3, -0.25) is 4.90 Å². The number of hydrogen-bond donors (Lipinski definition) is 1. The van der Waals surface area contributed by atoms with Crippen molar-refractivity contribution in [3.8, 4) is 0 Å². The molecule has 1 aromatic heterocycles. The molecule has 2 aromatic rings. The zero-order valence-electron chi connectivity index (χ0n) is 17.4. The Bertz CT molecular complexity index is 722. The maximum Gasteiger partial charge on any atom is 0.134 e. The Balaban J connectivity index is 1.53. The minimum atomic E-state index is 0.0512. The molecule has 0 amide bonds. The highest BCUT2D eigenvalue weighted by atomic mass is 16.5. The van der Waals surface area contributed by atoms with E-state index < -0.39 is 0 Å². The van der Waals surface area contributed by atoms with Crippen molar-refractivity contribution in [3.05, 3.63) is 36.1 Å². The quantitative estimate of drug-likeness (QED) is 0.817. The van der Waals surface area contributed by atoms with E-state index in [2.05, 4.69) is 49.2 Å². The first-order valence-corrected chi connectivity index (χ1v) is 10.6. The van der Waals surface area contributed by atoms with Crippen LogP contribution in [0.4, 0.5) is 0 Å². The van der Waals surface area contributed by atoms with Crippen molar-refractivity contribution in [2.45, 2.75) is 39.3 Å². The van der Waals surface area contributed by atoms with E-state index in [0.717, 1.165) is 63.8 Å². The second-order valence-electron chi connectivity index (χ2n) is 9.23. The predicted molar refractivity (Wildman–Crippen MR) is 112 cm³/mol. The number of nitrogens with one attached hydrogen (secondary N) is 1. The molecule has 2 aliphatic heterocycles. The summed E-state index contributed by atoms with van der Waals surface area (Å²) in [7, 11) is 0. The molecule has 1 N–H and O–H groups in total. The monoisotopic (exact) mass is 386 g/mol. The molecule has 2 aliphatic rings. The highest BCUT2D eigenvalue weighted by Gasteiger charge is 2.34. The second kappa shape index (κ2) is 8.54. The molecule has 154 valence electrons. The van der Waals surface area contributed by atoms with Gasteiger partial charge in [0, 0.05) is 43.6 Å². The highest BCUT2D eigenvalue weighted by molar-refractivity contribution is 5.77. The fourth-order valence-corrected chi connectivity index (χ4v) is 4.58. The summed E-state index contributed by atoms with van der Waals surface area (Å²) in [6.45, 7) is 13.2. The third kappa shape index (κ3) is 4.43. The van der Waals surface area contributed by atoms with Gasteiger partial charge in [-0.2, -0.15) is 0 Å². The van der Waals surface area contributed by atoms with Crippen molar-refractivity contribution in [1.29, 1.82) is 0 Å². The van der Waals surface area contributed by atoms with Crippen molar-refractivity contribution >= 4 is 11.0 Å². The van der Waals surface area contributed by atoms with Gasteiger partial charge in [0.1, 0.15) is 11.3 Å². The van der Waals surface area contributed by atoms with Crippen molar-refractivity contribution in [2.75, 3.05) is 46.1 Å². The largest absolute Gasteiger partial charge is 0.459 e. The van der Waals surface area contributed by atoms with Crippen LogP contribution in [-0.4, -0.2) is 57.0 Å². The van der Waals surface area contributed by atoms with Gasteiger partial charge in [0.15, 0.2) is 0 Å². The fraction of sp³-hybridized carbons (Fsp3) is 0.652. The number of furan rings is 1. The lowest BCUT2D eigenvalue weighted by Crippen LogP contribution is -2.52. The van der Waals surface area contributed by atoms with Crippen molar-refractivity contribution in [2.24, 2.45) is 11.3 Å². The van der Waals surface area contributed by atoms with Crippen LogP contribution in [0.5, 0.6) is 0 Å². The molecule has 3 heterocycles. The van der Waals surface area contributed by atoms with E-state index in [1.54, 1.807) is 0 Å². The van der Waals surface area contributed by atoms with Crippen molar-refractivity contribution < 1.29 is 13.9 Å². The minimum Gasteiger partial charge on any atom is -0.459 e. The fourth-order valence-electron chi connectivity index (χ4n) is 4.58. The van der Waals surface area contributed by atoms with Crippen LogP contribution < -0.4 is 5.32 Å². The Morgan fingerprint density at radius 2 is 1.89 bits per heavy atom. The summed E-state index contributed by atoms with van der Waals surface area (Å²) in [5.41, 5.74) is 1.01. The first-order valence-electron chi connectivity index (χ1n) is 10.6. The molecule has 4 rings (SSSR count). The van der Waals surface area contributed by atoms with E-state index >= 15 is 0 Å². The Kier molecular flexibility index (Phi) is 6.07. The van der Waals surface area contributed by atoms with Crippen LogP contribution in [0.15, 0.2) is 34.7 Å². The number of para-hydroxylation sites is 1. The summed E-state index contributed by atoms with van der Waals surface area (Å²) in [5, 5.41) is 5.05. The molecule has 28 heavy (non-hydrogen) atoms. The number of hydrogen-bond acceptors (Lipinski definition) is 5. The minimum absolute atomic E-state index is 0.0512. The summed E-state index contributed by atoms with van der Waals surface area (Å²) in [6, 6.07) is 11.1. The zero-order chi connectivity index (χ0) is 19.6. The summed E-state index contributed by atoms with van der Waals surface area (Å²) in [4.78, 5) is 2.59. The van der Waals surface area contributed by atoms with E-state index in [1.165, 1.54) is 5.39 Å². The molecule has 0 bridgehead atoms. The lowest BCUT2D eigenvalue weighted by atomic mass is 9.84. The first-order chi connectivity index (χ1) is 13.5. The van der Waals surface area contributed by atoms with E-state index in [1.807, 2.05) is 12.1 Å². The normalized spacial score (nSPS) is 23.9. The summed E-state index contributed by atoms with van der Waals surface area (Å²) in [6.07, 6.45) is 1.15. The lowest BCUT2D eigenvalue weighted by Gasteiger charge is -2.39. The molecule has 5 nitrogen and oxygen atoms in total. The first kappa shape index (κ1) is 19.9. The molecular formula is C23H34N2O3. The number of rotatable bonds is 6. The van der Waals surface area contributed by atoms with Gasteiger partial charge in [-0.1, -0.05) is 39.0 Å². The smallest absolute Gasteiger partial charge is 0.134 e. The number of ether oxygens (including phenoxy) is 2. The SMILES string of the molecule is CC(C)(C)[C@H](NC[C@@H]([C@@H]1CCOC1)N1CCOCC1)c1cc2ccccc2o1. The van der Waals surface area contributed by atoms with Crippen LogP contribution >= 0.6 is 0 Å². The topological polar surface area (TPSA) is 46.9 Å². The molecule has 5 heteroatoms. The Hall–Kier alpha value is -1.40. The number of benzene rings is 1. The molecular weight excluding hydrogens is 352 g/mol. The lowest BCUT2D eigenvalue weighted by molar-refractivity contribution is -0.000485. The van der Waals surface area contributed by atoms with E-state index in [4.69, 9.17) is 13.9 Å². The van der Waals surface area contributed by atoms with Crippen LogP contribution in [-0.2, 0) is 9.47 Å². The van der Waals surface area contributed by atoms with Crippen LogP contribution in [0, 0.1) is 11.3 Å². The van der Waals surface area contributed by atoms with Gasteiger partial charge in [-0.25, -0.2) is 0 Å². The van der Waals surface area contributed by atoms with Crippen molar-refractivity contribution in [1.82, 2.24) is 10.2 Å². The number of nitrogens with zero attached hydrogens (tertiary/aromatic N) is 1. The molecule has 0 radical (unpaired) electrons. The maximum absolute atomic E-state index is 6.24. The van der Waals surface area contributed by atoms with Gasteiger partial charge in [0.2, 0.25) is 0 Å². The third-order valence-corrected chi connectivity index (χ3v) is 6.15. The Labute approximate surface area is 168 Å². The molecule has 2 saturated heterocycles. The summed E-state index contributed by atoms with van der Waals surface area (Å²) < 4.78 is 17.5. The van der Waals surface area contributed by atoms with E-state index in [9.17, 15) is 0 Å². The van der Waals surface area contributed by atoms with Gasteiger partial charge in [-0.05, 0) is 24.0 Å². The van der Waals surface area contributed by atoms with Crippen LogP contribution in [0.2, 0.25) is 0 Å². The molecule has 0 spiro atoms. The third-order valence-electron chi connectivity index (χ3n) is 6.15. The average Bonchev–Trinajstić information content (AvgIpc) is 3.34. The number of fused-ring (bicyclic) bond motifs is 1. The molecule has 0 unspecified atom stereocenters. The van der Waals surface area contributed by atoms with E-state index in [-0.39, 0.29) is 11.5 Å². The summed E-state index contributed by atoms with van der Waals surface area (Å²) in [5.74, 6) is 1.61. The molecule has 1 aromatic carbocycles. The van der Waals surface area contributed by atoms with Crippen LogP contribution in [0.1, 0.15) is 39.0 Å². The van der Waals surface area contributed by atoms with Crippen molar-refractivity contribution in [3.63, 3.8) is 0 Å². The van der Waals surface area contributed by atoms with Gasteiger partial charge in [0.05, 0.1) is 25.9 Å². The second-order valence-corrected chi connectivity index (χ2v) is 9.23. The standard InChI is InChI=1S/C23H34N2O3/c1-23(2,3)22(21-14-17-6-4-5-7-20(17)28-21)24-15-19(18-8-11-27-16-18)25-9-12-26-13-10-25/h4-7,14,18-19,22,24H,8-13,15-16H2,1-3H3/t18-,19+,22-/m1/s1. The molecule has 3 atom stereocenters. The van der Waals surface area contributed by atoms with Gasteiger partial charge >= 0.3 is 0 Å². The average molecular weight is 387 g/mol. The predicted octanol–water partition coefficient (Wildman–Crippen LogP) is 3.85. The highest BCUT2D eigenvalue weighted by Crippen LogP contribution is 2.36. The van der Waals surface area contributed by atoms with Gasteiger partial charge < -0.3 is 19.2 Å². The zero-order valence-corrected chi connectivity index (χ0v) is 17.4. The van der Waals surface area contributed by atoms with E-state index in [0.29, 0.717) is 12.0 Å². The maximum atomic E-state index is 6.24. The summed E-state index contributed by atoms with van der Waals surface area (Å²) >= 11 is 0. The van der Waals surface area contributed by atoms with Gasteiger partial charge in [-0.15, -0.1) is 0 Å². The van der Waals surface area contributed by atoms with Gasteiger partial charge in [0.25, 0.3) is 0 Å². The van der Waals surface area contributed by atoms with Crippen LogP contribution in [0.25, 0.3) is 11.0 Å². The Morgan fingerprint density at radius 3 is 2.57 bits per heavy atom. The van der Waals surface area contributed by atoms with Crippen LogP contribution in [0.3, 0.4) is 0 Å². The number of morpholine rings is 1.